The maximum Gasteiger partial charge on any atom is 0.203 e. The quantitative estimate of drug-likeness (QED) is 0.772. The standard InChI is InChI=1S/C13H21NO4/c1-16-11-7-9(10(14)5-4-6-15)8-12(17-2)13(11)18-3/h7-8,10,15H,4-6,14H2,1-3H3/t10-/m0/s1. The van der Waals surface area contributed by atoms with Gasteiger partial charge in [0.05, 0.1) is 21.3 Å². The van der Waals surface area contributed by atoms with E-state index in [1.165, 1.54) is 0 Å². The molecule has 1 aromatic rings. The van der Waals surface area contributed by atoms with Gasteiger partial charge in [0, 0.05) is 12.6 Å². The molecule has 0 unspecified atom stereocenters. The van der Waals surface area contributed by atoms with Gasteiger partial charge in [-0.2, -0.15) is 0 Å². The number of methoxy groups -OCH3 is 3. The predicted molar refractivity (Wildman–Crippen MR) is 69.3 cm³/mol. The number of nitrogens with two attached hydrogens (primary N) is 1. The summed E-state index contributed by atoms with van der Waals surface area (Å²) in [6, 6.07) is 3.51. The Bertz CT molecular complexity index is 356. The van der Waals surface area contributed by atoms with Crippen LogP contribution < -0.4 is 19.9 Å². The summed E-state index contributed by atoms with van der Waals surface area (Å²) < 4.78 is 15.8. The zero-order chi connectivity index (χ0) is 13.5. The second-order valence-electron chi connectivity index (χ2n) is 3.93. The smallest absolute Gasteiger partial charge is 0.203 e. The minimum atomic E-state index is -0.161. The van der Waals surface area contributed by atoms with Crippen molar-refractivity contribution in [2.45, 2.75) is 18.9 Å². The van der Waals surface area contributed by atoms with Crippen LogP contribution in [-0.4, -0.2) is 33.0 Å². The third-order valence-corrected chi connectivity index (χ3v) is 2.79. The van der Waals surface area contributed by atoms with E-state index in [2.05, 4.69) is 0 Å². The van der Waals surface area contributed by atoms with Gasteiger partial charge in [-0.3, -0.25) is 0 Å². The van der Waals surface area contributed by atoms with Crippen LogP contribution in [0.25, 0.3) is 0 Å². The van der Waals surface area contributed by atoms with Gasteiger partial charge in [0.15, 0.2) is 11.5 Å². The molecule has 5 nitrogen and oxygen atoms in total. The van der Waals surface area contributed by atoms with E-state index < -0.39 is 0 Å². The number of hydrogen-bond acceptors (Lipinski definition) is 5. The molecule has 1 aromatic carbocycles. The maximum absolute atomic E-state index is 8.82. The molecule has 102 valence electrons. The first-order valence-electron chi connectivity index (χ1n) is 5.84. The van der Waals surface area contributed by atoms with Crippen molar-refractivity contribution in [1.82, 2.24) is 0 Å². The molecule has 0 saturated heterocycles. The van der Waals surface area contributed by atoms with Crippen LogP contribution in [0.5, 0.6) is 17.2 Å². The van der Waals surface area contributed by atoms with Crippen molar-refractivity contribution < 1.29 is 19.3 Å². The molecular formula is C13H21NO4. The Morgan fingerprint density at radius 2 is 1.67 bits per heavy atom. The normalized spacial score (nSPS) is 12.1. The Morgan fingerprint density at radius 1 is 1.11 bits per heavy atom. The summed E-state index contributed by atoms with van der Waals surface area (Å²) >= 11 is 0. The fraction of sp³-hybridized carbons (Fsp3) is 0.538. The topological polar surface area (TPSA) is 73.9 Å². The van der Waals surface area contributed by atoms with Gasteiger partial charge in [0.1, 0.15) is 0 Å². The first kappa shape index (κ1) is 14.6. The van der Waals surface area contributed by atoms with Crippen LogP contribution in [0.2, 0.25) is 0 Å². The number of aliphatic hydroxyl groups is 1. The lowest BCUT2D eigenvalue weighted by Gasteiger charge is -2.17. The predicted octanol–water partition coefficient (Wildman–Crippen LogP) is 1.48. The molecule has 0 saturated carbocycles. The van der Waals surface area contributed by atoms with Gasteiger partial charge in [0.2, 0.25) is 5.75 Å². The first-order chi connectivity index (χ1) is 8.67. The van der Waals surface area contributed by atoms with E-state index in [-0.39, 0.29) is 12.6 Å². The molecule has 5 heteroatoms. The molecule has 3 N–H and O–H groups in total. The maximum atomic E-state index is 8.82. The lowest BCUT2D eigenvalue weighted by Crippen LogP contribution is -2.11. The van der Waals surface area contributed by atoms with E-state index in [0.717, 1.165) is 5.56 Å². The summed E-state index contributed by atoms with van der Waals surface area (Å²) in [5, 5.41) is 8.82. The van der Waals surface area contributed by atoms with Crippen LogP contribution in [-0.2, 0) is 0 Å². The highest BCUT2D eigenvalue weighted by molar-refractivity contribution is 5.54. The monoisotopic (exact) mass is 255 g/mol. The number of ether oxygens (including phenoxy) is 3. The van der Waals surface area contributed by atoms with Crippen molar-refractivity contribution in [2.24, 2.45) is 5.73 Å². The van der Waals surface area contributed by atoms with Gasteiger partial charge in [-0.25, -0.2) is 0 Å². The molecule has 0 aliphatic rings. The minimum Gasteiger partial charge on any atom is -0.493 e. The second kappa shape index (κ2) is 7.08. The highest BCUT2D eigenvalue weighted by Crippen LogP contribution is 2.39. The molecule has 0 aliphatic heterocycles. The molecule has 0 heterocycles. The Labute approximate surface area is 107 Å². The number of rotatable bonds is 7. The van der Waals surface area contributed by atoms with E-state index in [1.54, 1.807) is 21.3 Å². The van der Waals surface area contributed by atoms with E-state index in [4.69, 9.17) is 25.1 Å². The summed E-state index contributed by atoms with van der Waals surface area (Å²) in [4.78, 5) is 0. The lowest BCUT2D eigenvalue weighted by atomic mass is 10.0. The molecule has 1 rings (SSSR count). The summed E-state index contributed by atoms with van der Waals surface area (Å²) in [5.74, 6) is 1.73. The zero-order valence-electron chi connectivity index (χ0n) is 11.1. The van der Waals surface area contributed by atoms with Crippen LogP contribution in [0.1, 0.15) is 24.4 Å². The third kappa shape index (κ3) is 3.27. The highest BCUT2D eigenvalue weighted by atomic mass is 16.5. The van der Waals surface area contributed by atoms with Crippen molar-refractivity contribution in [3.05, 3.63) is 17.7 Å². The van der Waals surface area contributed by atoms with E-state index in [0.29, 0.717) is 30.1 Å². The van der Waals surface area contributed by atoms with Crippen LogP contribution in [0, 0.1) is 0 Å². The summed E-state index contributed by atoms with van der Waals surface area (Å²) in [5.41, 5.74) is 6.96. The third-order valence-electron chi connectivity index (χ3n) is 2.79. The molecule has 1 atom stereocenters. The van der Waals surface area contributed by atoms with E-state index >= 15 is 0 Å². The van der Waals surface area contributed by atoms with Crippen molar-refractivity contribution in [3.63, 3.8) is 0 Å². The van der Waals surface area contributed by atoms with Crippen molar-refractivity contribution >= 4 is 0 Å². The summed E-state index contributed by atoms with van der Waals surface area (Å²) in [7, 11) is 4.70. The fourth-order valence-electron chi connectivity index (χ4n) is 1.79. The van der Waals surface area contributed by atoms with Crippen LogP contribution in [0.3, 0.4) is 0 Å². The van der Waals surface area contributed by atoms with Crippen LogP contribution in [0.4, 0.5) is 0 Å². The minimum absolute atomic E-state index is 0.137. The molecule has 0 radical (unpaired) electrons. The highest BCUT2D eigenvalue weighted by Gasteiger charge is 2.16. The molecular weight excluding hydrogens is 234 g/mol. The van der Waals surface area contributed by atoms with E-state index in [9.17, 15) is 0 Å². The zero-order valence-corrected chi connectivity index (χ0v) is 11.1. The largest absolute Gasteiger partial charge is 0.493 e. The SMILES string of the molecule is COc1cc([C@@H](N)CCCO)cc(OC)c1OC. The van der Waals surface area contributed by atoms with Gasteiger partial charge in [-0.1, -0.05) is 0 Å². The van der Waals surface area contributed by atoms with Gasteiger partial charge >= 0.3 is 0 Å². The van der Waals surface area contributed by atoms with Crippen molar-refractivity contribution in [2.75, 3.05) is 27.9 Å². The molecule has 0 amide bonds. The summed E-state index contributed by atoms with van der Waals surface area (Å²) in [6.07, 6.45) is 1.37. The number of aliphatic hydroxyl groups excluding tert-OH is 1. The molecule has 0 aliphatic carbocycles. The molecule has 0 bridgehead atoms. The first-order valence-corrected chi connectivity index (χ1v) is 5.84. The van der Waals surface area contributed by atoms with Crippen molar-refractivity contribution in [3.8, 4) is 17.2 Å². The average molecular weight is 255 g/mol. The van der Waals surface area contributed by atoms with Crippen LogP contribution >= 0.6 is 0 Å². The molecule has 0 fully saturated rings. The molecule has 0 aromatic heterocycles. The summed E-state index contributed by atoms with van der Waals surface area (Å²) in [6.45, 7) is 0.137. The second-order valence-corrected chi connectivity index (χ2v) is 3.93. The van der Waals surface area contributed by atoms with Gasteiger partial charge in [0.25, 0.3) is 0 Å². The average Bonchev–Trinajstić information content (AvgIpc) is 2.42. The Balaban J connectivity index is 3.06. The lowest BCUT2D eigenvalue weighted by molar-refractivity contribution is 0.279. The van der Waals surface area contributed by atoms with Gasteiger partial charge in [-0.15, -0.1) is 0 Å². The van der Waals surface area contributed by atoms with Crippen molar-refractivity contribution in [1.29, 1.82) is 0 Å². The Kier molecular flexibility index (Phi) is 5.74. The number of hydrogen-bond donors (Lipinski definition) is 2. The Morgan fingerprint density at radius 3 is 2.06 bits per heavy atom. The number of benzene rings is 1. The Hall–Kier alpha value is -1.46. The van der Waals surface area contributed by atoms with Gasteiger partial charge in [-0.05, 0) is 30.5 Å². The van der Waals surface area contributed by atoms with Crippen LogP contribution in [0.15, 0.2) is 12.1 Å². The molecule has 0 spiro atoms. The fourth-order valence-corrected chi connectivity index (χ4v) is 1.79. The van der Waals surface area contributed by atoms with Gasteiger partial charge < -0.3 is 25.1 Å². The van der Waals surface area contributed by atoms with E-state index in [1.807, 2.05) is 12.1 Å². The molecule has 18 heavy (non-hydrogen) atoms.